The summed E-state index contributed by atoms with van der Waals surface area (Å²) in [5.41, 5.74) is 2.44. The zero-order valence-electron chi connectivity index (χ0n) is 9.04. The lowest BCUT2D eigenvalue weighted by Crippen LogP contribution is -2.05. The highest BCUT2D eigenvalue weighted by molar-refractivity contribution is 9.10. The van der Waals surface area contributed by atoms with Gasteiger partial charge in [-0.25, -0.2) is 9.07 Å². The van der Waals surface area contributed by atoms with Crippen LogP contribution in [0.5, 0.6) is 0 Å². The zero-order chi connectivity index (χ0) is 11.7. The summed E-state index contributed by atoms with van der Waals surface area (Å²) in [6.45, 7) is 4.22. The van der Waals surface area contributed by atoms with Crippen molar-refractivity contribution in [3.05, 3.63) is 45.4 Å². The predicted octanol–water partition coefficient (Wildman–Crippen LogP) is 2.84. The molecule has 16 heavy (non-hydrogen) atoms. The topological polar surface area (TPSA) is 30.7 Å². The van der Waals surface area contributed by atoms with Gasteiger partial charge in [0, 0.05) is 10.0 Å². The molecule has 0 aliphatic rings. The number of halogens is 2. The number of nitrogens with zero attached hydrogens (tertiary/aromatic N) is 3. The van der Waals surface area contributed by atoms with Crippen molar-refractivity contribution in [1.82, 2.24) is 15.0 Å². The molecule has 1 aromatic carbocycles. The number of hydrogen-bond acceptors (Lipinski definition) is 2. The average molecular weight is 284 g/mol. The van der Waals surface area contributed by atoms with Gasteiger partial charge < -0.3 is 0 Å². The molecule has 0 aliphatic carbocycles. The van der Waals surface area contributed by atoms with E-state index in [0.29, 0.717) is 12.1 Å². The Morgan fingerprint density at radius 3 is 2.69 bits per heavy atom. The van der Waals surface area contributed by atoms with Crippen LogP contribution >= 0.6 is 15.9 Å². The van der Waals surface area contributed by atoms with Gasteiger partial charge in [-0.3, -0.25) is 0 Å². The SMILES string of the molecule is Cc1nnn(Cc2ccc(Br)cc2F)c1C. The number of benzene rings is 1. The molecule has 0 spiro atoms. The first-order chi connectivity index (χ1) is 7.58. The fourth-order valence-corrected chi connectivity index (χ4v) is 1.74. The van der Waals surface area contributed by atoms with Gasteiger partial charge in [0.15, 0.2) is 0 Å². The quantitative estimate of drug-likeness (QED) is 0.849. The molecule has 3 nitrogen and oxygen atoms in total. The Hall–Kier alpha value is -1.23. The Morgan fingerprint density at radius 1 is 1.38 bits per heavy atom. The van der Waals surface area contributed by atoms with Crippen LogP contribution in [0.1, 0.15) is 17.0 Å². The van der Waals surface area contributed by atoms with E-state index in [9.17, 15) is 4.39 Å². The summed E-state index contributed by atoms with van der Waals surface area (Å²) in [5, 5.41) is 7.90. The maximum absolute atomic E-state index is 13.6. The zero-order valence-corrected chi connectivity index (χ0v) is 10.6. The van der Waals surface area contributed by atoms with Crippen LogP contribution in [0.4, 0.5) is 4.39 Å². The standard InChI is InChI=1S/C11H11BrFN3/c1-7-8(2)16(15-14-7)6-9-3-4-10(12)5-11(9)13/h3-5H,6H2,1-2H3. The van der Waals surface area contributed by atoms with Crippen molar-refractivity contribution in [2.45, 2.75) is 20.4 Å². The van der Waals surface area contributed by atoms with Gasteiger partial charge in [0.25, 0.3) is 0 Å². The molecule has 0 radical (unpaired) electrons. The lowest BCUT2D eigenvalue weighted by atomic mass is 10.2. The minimum atomic E-state index is -0.234. The van der Waals surface area contributed by atoms with Gasteiger partial charge in [0.05, 0.1) is 17.9 Å². The Morgan fingerprint density at radius 2 is 2.12 bits per heavy atom. The summed E-state index contributed by atoms with van der Waals surface area (Å²) in [7, 11) is 0. The molecule has 0 bridgehead atoms. The van der Waals surface area contributed by atoms with Crippen LogP contribution in [-0.4, -0.2) is 15.0 Å². The molecule has 0 fully saturated rings. The first-order valence-electron chi connectivity index (χ1n) is 4.88. The Bertz CT molecular complexity index is 522. The molecule has 2 rings (SSSR count). The van der Waals surface area contributed by atoms with Crippen molar-refractivity contribution < 1.29 is 4.39 Å². The van der Waals surface area contributed by atoms with Gasteiger partial charge in [0.2, 0.25) is 0 Å². The molecule has 0 N–H and O–H groups in total. The third kappa shape index (κ3) is 2.14. The summed E-state index contributed by atoms with van der Waals surface area (Å²) in [5.74, 6) is -0.234. The fourth-order valence-electron chi connectivity index (χ4n) is 1.41. The average Bonchev–Trinajstić information content (AvgIpc) is 2.54. The molecule has 0 saturated heterocycles. The van der Waals surface area contributed by atoms with E-state index < -0.39 is 0 Å². The molecule has 0 atom stereocenters. The van der Waals surface area contributed by atoms with Crippen molar-refractivity contribution in [3.8, 4) is 0 Å². The van der Waals surface area contributed by atoms with Crippen LogP contribution in [0.25, 0.3) is 0 Å². The van der Waals surface area contributed by atoms with E-state index in [4.69, 9.17) is 0 Å². The van der Waals surface area contributed by atoms with Crippen molar-refractivity contribution in [2.75, 3.05) is 0 Å². The van der Waals surface area contributed by atoms with E-state index in [2.05, 4.69) is 26.2 Å². The van der Waals surface area contributed by atoms with Crippen LogP contribution in [0, 0.1) is 19.7 Å². The van der Waals surface area contributed by atoms with E-state index in [0.717, 1.165) is 15.9 Å². The van der Waals surface area contributed by atoms with E-state index in [1.807, 2.05) is 19.9 Å². The Kier molecular flexibility index (Phi) is 3.05. The van der Waals surface area contributed by atoms with Crippen LogP contribution < -0.4 is 0 Å². The number of aryl methyl sites for hydroxylation is 1. The molecule has 0 saturated carbocycles. The van der Waals surface area contributed by atoms with Gasteiger partial charge >= 0.3 is 0 Å². The van der Waals surface area contributed by atoms with Crippen molar-refractivity contribution in [2.24, 2.45) is 0 Å². The largest absolute Gasteiger partial charge is 0.245 e. The molecule has 0 aliphatic heterocycles. The third-order valence-electron chi connectivity index (χ3n) is 2.55. The smallest absolute Gasteiger partial charge is 0.129 e. The predicted molar refractivity (Wildman–Crippen MR) is 62.7 cm³/mol. The monoisotopic (exact) mass is 283 g/mol. The number of rotatable bonds is 2. The van der Waals surface area contributed by atoms with Gasteiger partial charge in [-0.15, -0.1) is 5.10 Å². The van der Waals surface area contributed by atoms with E-state index in [1.165, 1.54) is 6.07 Å². The van der Waals surface area contributed by atoms with Crippen LogP contribution in [0.2, 0.25) is 0 Å². The van der Waals surface area contributed by atoms with Crippen LogP contribution in [0.15, 0.2) is 22.7 Å². The van der Waals surface area contributed by atoms with Crippen LogP contribution in [0.3, 0.4) is 0 Å². The van der Waals surface area contributed by atoms with Crippen molar-refractivity contribution in [3.63, 3.8) is 0 Å². The fraction of sp³-hybridized carbons (Fsp3) is 0.273. The van der Waals surface area contributed by atoms with E-state index >= 15 is 0 Å². The van der Waals surface area contributed by atoms with Gasteiger partial charge in [-0.05, 0) is 26.0 Å². The minimum Gasteiger partial charge on any atom is -0.245 e. The number of aromatic nitrogens is 3. The molecule has 5 heteroatoms. The molecule has 84 valence electrons. The van der Waals surface area contributed by atoms with E-state index in [-0.39, 0.29) is 5.82 Å². The third-order valence-corrected chi connectivity index (χ3v) is 3.04. The Labute approximate surface area is 101 Å². The van der Waals surface area contributed by atoms with Crippen LogP contribution in [-0.2, 0) is 6.54 Å². The molecular formula is C11H11BrFN3. The summed E-state index contributed by atoms with van der Waals surface area (Å²) >= 11 is 3.23. The van der Waals surface area contributed by atoms with Gasteiger partial charge in [0.1, 0.15) is 5.82 Å². The summed E-state index contributed by atoms with van der Waals surface area (Å²) in [4.78, 5) is 0. The highest BCUT2D eigenvalue weighted by Crippen LogP contribution is 2.16. The summed E-state index contributed by atoms with van der Waals surface area (Å²) in [6.07, 6.45) is 0. The van der Waals surface area contributed by atoms with Crippen molar-refractivity contribution in [1.29, 1.82) is 0 Å². The van der Waals surface area contributed by atoms with Gasteiger partial charge in [-0.2, -0.15) is 0 Å². The Balaban J connectivity index is 2.30. The molecule has 2 aromatic rings. The molecular weight excluding hydrogens is 273 g/mol. The van der Waals surface area contributed by atoms with Crippen molar-refractivity contribution >= 4 is 15.9 Å². The first kappa shape index (κ1) is 11.3. The van der Waals surface area contributed by atoms with Gasteiger partial charge in [-0.1, -0.05) is 27.2 Å². The second-order valence-electron chi connectivity index (χ2n) is 3.65. The second-order valence-corrected chi connectivity index (χ2v) is 4.57. The molecule has 0 unspecified atom stereocenters. The lowest BCUT2D eigenvalue weighted by molar-refractivity contribution is 0.570. The molecule has 1 aromatic heterocycles. The maximum atomic E-state index is 13.6. The minimum absolute atomic E-state index is 0.234. The summed E-state index contributed by atoms with van der Waals surface area (Å²) in [6, 6.07) is 5.02. The number of hydrogen-bond donors (Lipinski definition) is 0. The first-order valence-corrected chi connectivity index (χ1v) is 5.68. The normalized spacial score (nSPS) is 10.8. The summed E-state index contributed by atoms with van der Waals surface area (Å²) < 4.78 is 16.0. The maximum Gasteiger partial charge on any atom is 0.129 e. The highest BCUT2D eigenvalue weighted by Gasteiger charge is 2.08. The molecule has 0 amide bonds. The highest BCUT2D eigenvalue weighted by atomic mass is 79.9. The van der Waals surface area contributed by atoms with E-state index in [1.54, 1.807) is 10.7 Å². The second kappa shape index (κ2) is 4.33. The molecule has 1 heterocycles. The lowest BCUT2D eigenvalue weighted by Gasteiger charge is -2.05.